The number of hydrogen-bond donors (Lipinski definition) is 0. The Bertz CT molecular complexity index is 373. The first-order valence-corrected chi connectivity index (χ1v) is 11.1. The maximum Gasteiger partial charge on any atom is 0.0359 e. The molecule has 3 rings (SSSR count). The third-order valence-electron chi connectivity index (χ3n) is 4.81. The van der Waals surface area contributed by atoms with Crippen LogP contribution in [0, 0.1) is 0 Å². The summed E-state index contributed by atoms with van der Waals surface area (Å²) in [6, 6.07) is 0. The Balaban J connectivity index is 1.83. The highest BCUT2D eigenvalue weighted by molar-refractivity contribution is 9.10. The second-order valence-electron chi connectivity index (χ2n) is 6.10. The molecule has 2 aliphatic rings. The lowest BCUT2D eigenvalue weighted by molar-refractivity contribution is 0.487. The summed E-state index contributed by atoms with van der Waals surface area (Å²) >= 11 is 5.72. The average molecular weight is 359 g/mol. The van der Waals surface area contributed by atoms with Gasteiger partial charge in [0.25, 0.3) is 0 Å². The minimum atomic E-state index is 0.0876. The molecule has 1 heterocycles. The van der Waals surface area contributed by atoms with Crippen molar-refractivity contribution in [3.05, 3.63) is 15.2 Å². The van der Waals surface area contributed by atoms with E-state index in [9.17, 15) is 0 Å². The molecule has 0 N–H and O–H groups in total. The lowest BCUT2D eigenvalue weighted by Crippen LogP contribution is -2.26. The van der Waals surface area contributed by atoms with E-state index < -0.39 is 0 Å². The topological polar surface area (TPSA) is 0 Å². The number of rotatable bonds is 3. The van der Waals surface area contributed by atoms with E-state index >= 15 is 0 Å². The van der Waals surface area contributed by atoms with Crippen LogP contribution in [0.4, 0.5) is 0 Å². The van der Waals surface area contributed by atoms with Crippen molar-refractivity contribution in [1.82, 2.24) is 0 Å². The number of thiophene rings is 1. The van der Waals surface area contributed by atoms with E-state index in [4.69, 9.17) is 0 Å². The molecule has 0 amide bonds. The largest absolute Gasteiger partial charge is 0.151 e. The van der Waals surface area contributed by atoms with Gasteiger partial charge in [0.15, 0.2) is 0 Å². The molecule has 0 atom stereocenters. The van der Waals surface area contributed by atoms with E-state index in [-0.39, 0.29) is 7.92 Å². The van der Waals surface area contributed by atoms with Crippen LogP contribution in [0.5, 0.6) is 0 Å². The molecule has 1 aromatic heterocycles. The molecule has 106 valence electrons. The van der Waals surface area contributed by atoms with Gasteiger partial charge >= 0.3 is 0 Å². The molecular formula is C16H24BrPS. The second-order valence-corrected chi connectivity index (χ2v) is 10.5. The van der Waals surface area contributed by atoms with Crippen LogP contribution in [0.3, 0.4) is 0 Å². The van der Waals surface area contributed by atoms with E-state index in [1.165, 1.54) is 68.7 Å². The van der Waals surface area contributed by atoms with Gasteiger partial charge < -0.3 is 0 Å². The molecule has 0 saturated heterocycles. The fourth-order valence-corrected chi connectivity index (χ4v) is 9.94. The summed E-state index contributed by atoms with van der Waals surface area (Å²) in [5, 5.41) is 6.47. The maximum absolute atomic E-state index is 3.83. The van der Waals surface area contributed by atoms with Crippen molar-refractivity contribution >= 4 is 40.5 Å². The molecule has 2 fully saturated rings. The molecule has 0 radical (unpaired) electrons. The molecule has 19 heavy (non-hydrogen) atoms. The monoisotopic (exact) mass is 358 g/mol. The fourth-order valence-electron chi connectivity index (χ4n) is 3.87. The van der Waals surface area contributed by atoms with E-state index in [1.54, 1.807) is 5.30 Å². The van der Waals surface area contributed by atoms with Gasteiger partial charge in [-0.1, -0.05) is 46.4 Å². The molecule has 2 saturated carbocycles. The molecular weight excluding hydrogens is 335 g/mol. The molecule has 0 spiro atoms. The maximum atomic E-state index is 3.83. The molecule has 2 aliphatic carbocycles. The summed E-state index contributed by atoms with van der Waals surface area (Å²) in [4.78, 5) is 0. The van der Waals surface area contributed by atoms with Crippen LogP contribution in [0.15, 0.2) is 15.2 Å². The van der Waals surface area contributed by atoms with Crippen molar-refractivity contribution < 1.29 is 0 Å². The van der Waals surface area contributed by atoms with Crippen molar-refractivity contribution in [2.75, 3.05) is 0 Å². The van der Waals surface area contributed by atoms with Crippen molar-refractivity contribution in [2.45, 2.75) is 75.5 Å². The van der Waals surface area contributed by atoms with Gasteiger partial charge in [0, 0.05) is 15.2 Å². The summed E-state index contributed by atoms with van der Waals surface area (Å²) in [5.41, 5.74) is 2.05. The SMILES string of the molecule is Brc1cscc1P(C1CCCCC1)C1CCCCC1. The standard InChI is InChI=1S/C16H24BrPS/c17-15-11-19-12-16(15)18(13-7-3-1-4-8-13)14-9-5-2-6-10-14/h11-14H,1-10H2. The summed E-state index contributed by atoms with van der Waals surface area (Å²) in [5.74, 6) is 0. The van der Waals surface area contributed by atoms with E-state index in [2.05, 4.69) is 26.7 Å². The number of halogens is 1. The van der Waals surface area contributed by atoms with Crippen molar-refractivity contribution in [2.24, 2.45) is 0 Å². The lowest BCUT2D eigenvalue weighted by atomic mass is 9.99. The highest BCUT2D eigenvalue weighted by Gasteiger charge is 2.33. The molecule has 3 heteroatoms. The Morgan fingerprint density at radius 3 is 1.79 bits per heavy atom. The molecule has 0 unspecified atom stereocenters. The van der Waals surface area contributed by atoms with Crippen molar-refractivity contribution in [1.29, 1.82) is 0 Å². The van der Waals surface area contributed by atoms with Crippen LogP contribution in [-0.4, -0.2) is 11.3 Å². The highest BCUT2D eigenvalue weighted by atomic mass is 79.9. The zero-order valence-corrected chi connectivity index (χ0v) is 14.9. The zero-order valence-electron chi connectivity index (χ0n) is 11.6. The molecule has 0 nitrogen and oxygen atoms in total. The molecule has 1 aromatic rings. The fraction of sp³-hybridized carbons (Fsp3) is 0.750. The Morgan fingerprint density at radius 1 is 0.842 bits per heavy atom. The lowest BCUT2D eigenvalue weighted by Gasteiger charge is -2.38. The Hall–Kier alpha value is 0.610. The predicted octanol–water partition coefficient (Wildman–Crippen LogP) is 6.28. The van der Waals surface area contributed by atoms with E-state index in [1.807, 2.05) is 11.3 Å². The van der Waals surface area contributed by atoms with Gasteiger partial charge in [-0.05, 0) is 58.3 Å². The number of hydrogen-bond acceptors (Lipinski definition) is 1. The predicted molar refractivity (Wildman–Crippen MR) is 92.3 cm³/mol. The molecule has 0 aromatic carbocycles. The van der Waals surface area contributed by atoms with Gasteiger partial charge in [-0.25, -0.2) is 0 Å². The minimum Gasteiger partial charge on any atom is -0.151 e. The highest BCUT2D eigenvalue weighted by Crippen LogP contribution is 2.56. The molecule has 0 bridgehead atoms. The van der Waals surface area contributed by atoms with Crippen LogP contribution >= 0.6 is 35.2 Å². The molecule has 0 aliphatic heterocycles. The van der Waals surface area contributed by atoms with Gasteiger partial charge in [0.2, 0.25) is 0 Å². The van der Waals surface area contributed by atoms with Gasteiger partial charge in [-0.15, -0.1) is 0 Å². The minimum absolute atomic E-state index is 0.0876. The van der Waals surface area contributed by atoms with Crippen molar-refractivity contribution in [3.8, 4) is 0 Å². The first kappa shape index (κ1) is 14.5. The van der Waals surface area contributed by atoms with Crippen molar-refractivity contribution in [3.63, 3.8) is 0 Å². The Labute approximate surface area is 131 Å². The average Bonchev–Trinajstić information content (AvgIpc) is 2.88. The van der Waals surface area contributed by atoms with Crippen LogP contribution in [-0.2, 0) is 0 Å². The van der Waals surface area contributed by atoms with Crippen LogP contribution < -0.4 is 5.30 Å². The first-order chi connectivity index (χ1) is 9.36. The van der Waals surface area contributed by atoms with Gasteiger partial charge in [-0.2, -0.15) is 11.3 Å². The van der Waals surface area contributed by atoms with Crippen LogP contribution in [0.1, 0.15) is 64.2 Å². The van der Waals surface area contributed by atoms with E-state index in [0.29, 0.717) is 0 Å². The smallest absolute Gasteiger partial charge is 0.0359 e. The summed E-state index contributed by atoms with van der Waals surface area (Å²) < 4.78 is 1.42. The van der Waals surface area contributed by atoms with Gasteiger partial charge in [-0.3, -0.25) is 0 Å². The third kappa shape index (κ3) is 3.44. The summed E-state index contributed by atoms with van der Waals surface area (Å²) in [7, 11) is 0.0876. The first-order valence-electron chi connectivity index (χ1n) is 7.86. The van der Waals surface area contributed by atoms with Crippen LogP contribution in [0.2, 0.25) is 0 Å². The normalized spacial score (nSPS) is 23.1. The van der Waals surface area contributed by atoms with Gasteiger partial charge in [0.1, 0.15) is 0 Å². The van der Waals surface area contributed by atoms with E-state index in [0.717, 1.165) is 11.3 Å². The van der Waals surface area contributed by atoms with Gasteiger partial charge in [0.05, 0.1) is 0 Å². The second kappa shape index (κ2) is 7.05. The zero-order chi connectivity index (χ0) is 13.1. The Kier molecular flexibility index (Phi) is 5.40. The third-order valence-corrected chi connectivity index (χ3v) is 10.5. The summed E-state index contributed by atoms with van der Waals surface area (Å²) in [6.07, 6.45) is 14.9. The summed E-state index contributed by atoms with van der Waals surface area (Å²) in [6.45, 7) is 0. The van der Waals surface area contributed by atoms with Crippen LogP contribution in [0.25, 0.3) is 0 Å². The Morgan fingerprint density at radius 2 is 1.37 bits per heavy atom. The quantitative estimate of drug-likeness (QED) is 0.557.